The number of ether oxygens (including phenoxy) is 1. The number of nitrogens with one attached hydrogen (secondary N) is 1. The zero-order chi connectivity index (χ0) is 17.0. The maximum absolute atomic E-state index is 12.2. The Morgan fingerprint density at radius 2 is 2.17 bits per heavy atom. The van der Waals surface area contributed by atoms with Crippen molar-refractivity contribution < 1.29 is 9.53 Å². The van der Waals surface area contributed by atoms with Crippen molar-refractivity contribution in [3.05, 3.63) is 20.8 Å². The first-order chi connectivity index (χ1) is 10.7. The molecule has 1 saturated heterocycles. The van der Waals surface area contributed by atoms with Crippen molar-refractivity contribution in [2.75, 3.05) is 13.1 Å². The molecule has 1 fully saturated rings. The van der Waals surface area contributed by atoms with Crippen LogP contribution >= 0.6 is 27.3 Å². The fourth-order valence-corrected chi connectivity index (χ4v) is 4.23. The van der Waals surface area contributed by atoms with Gasteiger partial charge in [-0.3, -0.25) is 0 Å². The Hall–Kier alpha value is -0.590. The van der Waals surface area contributed by atoms with Gasteiger partial charge in [0.15, 0.2) is 0 Å². The number of halogens is 1. The maximum Gasteiger partial charge on any atom is 0.410 e. The number of nitrogens with zero attached hydrogens (tertiary/aromatic N) is 1. The van der Waals surface area contributed by atoms with Crippen LogP contribution in [0.1, 0.15) is 57.9 Å². The highest BCUT2D eigenvalue weighted by atomic mass is 79.9. The molecule has 0 radical (unpaired) electrons. The molecular formula is C17H27BrN2O2S. The van der Waals surface area contributed by atoms with Crippen LogP contribution in [0.2, 0.25) is 0 Å². The first-order valence-electron chi connectivity index (χ1n) is 8.22. The summed E-state index contributed by atoms with van der Waals surface area (Å²) in [6.45, 7) is 9.48. The zero-order valence-electron chi connectivity index (χ0n) is 14.4. The number of hydrogen-bond acceptors (Lipinski definition) is 4. The summed E-state index contributed by atoms with van der Waals surface area (Å²) in [7, 11) is 0. The average Bonchev–Trinajstić information content (AvgIpc) is 2.73. The molecule has 1 N–H and O–H groups in total. The second-order valence-electron chi connectivity index (χ2n) is 7.15. The van der Waals surface area contributed by atoms with Gasteiger partial charge in [-0.05, 0) is 69.0 Å². The molecule has 1 amide bonds. The van der Waals surface area contributed by atoms with Crippen LogP contribution in [-0.2, 0) is 4.74 Å². The molecule has 1 aromatic heterocycles. The van der Waals surface area contributed by atoms with Gasteiger partial charge in [0.2, 0.25) is 0 Å². The molecule has 1 aliphatic heterocycles. The predicted octanol–water partition coefficient (Wildman–Crippen LogP) is 4.95. The van der Waals surface area contributed by atoms with Crippen LogP contribution in [0.5, 0.6) is 0 Å². The molecule has 0 aliphatic carbocycles. The van der Waals surface area contributed by atoms with Gasteiger partial charge in [-0.2, -0.15) is 0 Å². The number of likely N-dealkylation sites (tertiary alicyclic amines) is 1. The molecular weight excluding hydrogens is 376 g/mol. The molecule has 0 spiro atoms. The van der Waals surface area contributed by atoms with E-state index < -0.39 is 5.60 Å². The van der Waals surface area contributed by atoms with Crippen molar-refractivity contribution in [1.29, 1.82) is 0 Å². The van der Waals surface area contributed by atoms with Crippen molar-refractivity contribution in [3.63, 3.8) is 0 Å². The highest BCUT2D eigenvalue weighted by Gasteiger charge is 2.25. The highest BCUT2D eigenvalue weighted by molar-refractivity contribution is 9.10. The molecule has 23 heavy (non-hydrogen) atoms. The molecule has 130 valence electrons. The third kappa shape index (κ3) is 6.08. The van der Waals surface area contributed by atoms with E-state index in [-0.39, 0.29) is 6.09 Å². The van der Waals surface area contributed by atoms with Crippen LogP contribution < -0.4 is 5.32 Å². The number of thiophene rings is 1. The quantitative estimate of drug-likeness (QED) is 0.777. The topological polar surface area (TPSA) is 41.6 Å². The molecule has 0 saturated carbocycles. The van der Waals surface area contributed by atoms with Crippen LogP contribution in [0.3, 0.4) is 0 Å². The van der Waals surface area contributed by atoms with E-state index in [0.29, 0.717) is 12.1 Å². The fraction of sp³-hybridized carbons (Fsp3) is 0.706. The van der Waals surface area contributed by atoms with Crippen molar-refractivity contribution in [2.24, 2.45) is 0 Å². The second kappa shape index (κ2) is 7.99. The summed E-state index contributed by atoms with van der Waals surface area (Å²) in [4.78, 5) is 15.4. The lowest BCUT2D eigenvalue weighted by Gasteiger charge is -2.26. The monoisotopic (exact) mass is 402 g/mol. The van der Waals surface area contributed by atoms with E-state index in [1.54, 1.807) is 11.3 Å². The van der Waals surface area contributed by atoms with E-state index in [1.165, 1.54) is 4.88 Å². The van der Waals surface area contributed by atoms with Crippen LogP contribution in [0.15, 0.2) is 15.9 Å². The Labute approximate surface area is 151 Å². The first kappa shape index (κ1) is 18.7. The van der Waals surface area contributed by atoms with Gasteiger partial charge in [0, 0.05) is 39.9 Å². The lowest BCUT2D eigenvalue weighted by molar-refractivity contribution is 0.0256. The van der Waals surface area contributed by atoms with E-state index in [0.717, 1.165) is 36.8 Å². The fourth-order valence-electron chi connectivity index (χ4n) is 2.76. The normalized spacial score (nSPS) is 20.9. The summed E-state index contributed by atoms with van der Waals surface area (Å²) >= 11 is 5.28. The third-order valence-electron chi connectivity index (χ3n) is 3.88. The zero-order valence-corrected chi connectivity index (χ0v) is 16.8. The van der Waals surface area contributed by atoms with Crippen molar-refractivity contribution in [3.8, 4) is 0 Å². The van der Waals surface area contributed by atoms with Crippen molar-refractivity contribution >= 4 is 33.4 Å². The van der Waals surface area contributed by atoms with Crippen LogP contribution in [0.4, 0.5) is 4.79 Å². The first-order valence-corrected chi connectivity index (χ1v) is 9.90. The largest absolute Gasteiger partial charge is 0.444 e. The number of amides is 1. The summed E-state index contributed by atoms with van der Waals surface area (Å²) in [6, 6.07) is 2.95. The molecule has 4 nitrogen and oxygen atoms in total. The summed E-state index contributed by atoms with van der Waals surface area (Å²) < 4.78 is 6.63. The smallest absolute Gasteiger partial charge is 0.410 e. The molecule has 1 aromatic rings. The molecule has 2 unspecified atom stereocenters. The Bertz CT molecular complexity index is 527. The predicted molar refractivity (Wildman–Crippen MR) is 99.0 cm³/mol. The average molecular weight is 403 g/mol. The molecule has 0 bridgehead atoms. The van der Waals surface area contributed by atoms with Gasteiger partial charge in [0.05, 0.1) is 0 Å². The van der Waals surface area contributed by atoms with E-state index in [1.807, 2.05) is 25.7 Å². The summed E-state index contributed by atoms with van der Waals surface area (Å²) in [5.74, 6) is 0. The number of rotatable bonds is 3. The van der Waals surface area contributed by atoms with Gasteiger partial charge in [-0.25, -0.2) is 4.79 Å². The Balaban J connectivity index is 1.85. The van der Waals surface area contributed by atoms with Crippen LogP contribution in [0.25, 0.3) is 0 Å². The lowest BCUT2D eigenvalue weighted by Crippen LogP contribution is -2.38. The molecule has 2 rings (SSSR count). The van der Waals surface area contributed by atoms with E-state index >= 15 is 0 Å². The standard InChI is InChI=1S/C17H27BrN2O2S/c1-12(15-10-13(18)11-23-15)19-14-6-5-8-20(9-7-14)16(21)22-17(2,3)4/h10-12,14,19H,5-9H2,1-4H3. The minimum absolute atomic E-state index is 0.187. The Morgan fingerprint density at radius 3 is 2.78 bits per heavy atom. The van der Waals surface area contributed by atoms with Gasteiger partial charge in [-0.15, -0.1) is 11.3 Å². The van der Waals surface area contributed by atoms with E-state index in [4.69, 9.17) is 4.74 Å². The molecule has 2 atom stereocenters. The lowest BCUT2D eigenvalue weighted by atomic mass is 10.1. The second-order valence-corrected chi connectivity index (χ2v) is 9.01. The van der Waals surface area contributed by atoms with Gasteiger partial charge in [0.25, 0.3) is 0 Å². The van der Waals surface area contributed by atoms with Crippen molar-refractivity contribution in [1.82, 2.24) is 10.2 Å². The summed E-state index contributed by atoms with van der Waals surface area (Å²) in [6.07, 6.45) is 2.89. The van der Waals surface area contributed by atoms with Gasteiger partial charge in [0.1, 0.15) is 5.60 Å². The third-order valence-corrected chi connectivity index (χ3v) is 5.76. The van der Waals surface area contributed by atoms with Gasteiger partial charge in [-0.1, -0.05) is 0 Å². The molecule has 0 aromatic carbocycles. The SMILES string of the molecule is CC(NC1CCCN(C(=O)OC(C)(C)C)CC1)c1cc(Br)cs1. The summed E-state index contributed by atoms with van der Waals surface area (Å²) in [5, 5.41) is 5.82. The Kier molecular flexibility index (Phi) is 6.51. The summed E-state index contributed by atoms with van der Waals surface area (Å²) in [5.41, 5.74) is -0.428. The van der Waals surface area contributed by atoms with Crippen LogP contribution in [0, 0.1) is 0 Å². The van der Waals surface area contributed by atoms with Gasteiger partial charge < -0.3 is 15.0 Å². The highest BCUT2D eigenvalue weighted by Crippen LogP contribution is 2.26. The Morgan fingerprint density at radius 1 is 1.43 bits per heavy atom. The molecule has 1 aliphatic rings. The molecule has 6 heteroatoms. The number of carbonyl (C=O) groups is 1. The molecule has 2 heterocycles. The van der Waals surface area contributed by atoms with Gasteiger partial charge >= 0.3 is 6.09 Å². The minimum atomic E-state index is -0.428. The van der Waals surface area contributed by atoms with E-state index in [9.17, 15) is 4.79 Å². The van der Waals surface area contributed by atoms with Crippen molar-refractivity contribution in [2.45, 2.75) is 64.6 Å². The van der Waals surface area contributed by atoms with Crippen LogP contribution in [-0.4, -0.2) is 35.7 Å². The minimum Gasteiger partial charge on any atom is -0.444 e. The van der Waals surface area contributed by atoms with E-state index in [2.05, 4.69) is 39.6 Å². The maximum atomic E-state index is 12.2. The number of hydrogen-bond donors (Lipinski definition) is 1. The number of carbonyl (C=O) groups excluding carboxylic acids is 1.